The van der Waals surface area contributed by atoms with Crippen LogP contribution in [-0.2, 0) is 4.43 Å². The van der Waals surface area contributed by atoms with Gasteiger partial charge in [-0.15, -0.1) is 0 Å². The fourth-order valence-corrected chi connectivity index (χ4v) is 20.4. The topological polar surface area (TPSA) is 9.23 Å². The van der Waals surface area contributed by atoms with Crippen LogP contribution in [0.4, 0.5) is 0 Å². The zero-order chi connectivity index (χ0) is 20.8. The summed E-state index contributed by atoms with van der Waals surface area (Å²) in [4.78, 5) is 0. The molecule has 0 bridgehead atoms. The van der Waals surface area contributed by atoms with Gasteiger partial charge in [-0.05, 0) is 0 Å². The Morgan fingerprint density at radius 3 is 1.70 bits per heavy atom. The zero-order valence-corrected chi connectivity index (χ0v) is 24.1. The first-order valence-corrected chi connectivity index (χ1v) is 22.6. The zero-order valence-electron chi connectivity index (χ0n) is 20.3. The summed E-state index contributed by atoms with van der Waals surface area (Å²) in [7, 11) is -1.63. The Kier molecular flexibility index (Phi) is 15.0. The van der Waals surface area contributed by atoms with Crippen molar-refractivity contribution >= 4 is 26.7 Å². The second kappa shape index (κ2) is 14.7. The van der Waals surface area contributed by atoms with Gasteiger partial charge in [0.05, 0.1) is 0 Å². The molecule has 0 unspecified atom stereocenters. The van der Waals surface area contributed by atoms with Crippen molar-refractivity contribution in [1.29, 1.82) is 0 Å². The SMILES string of the molecule is CCC[CH2][Sn]([CH]=CCCO[Si](C)(C)C(C)(C)CCC)([CH2]CCC)[CH2]CCC. The van der Waals surface area contributed by atoms with E-state index in [0.29, 0.717) is 5.04 Å². The van der Waals surface area contributed by atoms with E-state index in [1.165, 1.54) is 51.4 Å². The van der Waals surface area contributed by atoms with Gasteiger partial charge in [-0.1, -0.05) is 0 Å². The van der Waals surface area contributed by atoms with Crippen molar-refractivity contribution in [3.8, 4) is 0 Å². The van der Waals surface area contributed by atoms with E-state index >= 15 is 0 Å². The predicted octanol–water partition coefficient (Wildman–Crippen LogP) is 9.12. The average Bonchev–Trinajstić information content (AvgIpc) is 2.62. The summed E-state index contributed by atoms with van der Waals surface area (Å²) in [6, 6.07) is 0. The fraction of sp³-hybridized carbons (Fsp3) is 0.917. The van der Waals surface area contributed by atoms with Crippen molar-refractivity contribution in [3.63, 3.8) is 0 Å². The van der Waals surface area contributed by atoms with Crippen molar-refractivity contribution < 1.29 is 4.43 Å². The average molecular weight is 503 g/mol. The van der Waals surface area contributed by atoms with Gasteiger partial charge in [-0.2, -0.15) is 0 Å². The second-order valence-electron chi connectivity index (χ2n) is 9.86. The van der Waals surface area contributed by atoms with Gasteiger partial charge in [0, 0.05) is 0 Å². The summed E-state index contributed by atoms with van der Waals surface area (Å²) in [5, 5.41) is 0.373. The summed E-state index contributed by atoms with van der Waals surface area (Å²) in [5.41, 5.74) is 0. The summed E-state index contributed by atoms with van der Waals surface area (Å²) < 4.78 is 14.1. The Morgan fingerprint density at radius 1 is 0.815 bits per heavy atom. The van der Waals surface area contributed by atoms with Crippen LogP contribution >= 0.6 is 0 Å². The van der Waals surface area contributed by atoms with Crippen molar-refractivity contribution in [1.82, 2.24) is 0 Å². The Bertz CT molecular complexity index is 368. The molecule has 0 aliphatic rings. The third-order valence-electron chi connectivity index (χ3n) is 6.81. The van der Waals surface area contributed by atoms with Crippen LogP contribution in [0, 0.1) is 0 Å². The van der Waals surface area contributed by atoms with E-state index in [4.69, 9.17) is 4.43 Å². The van der Waals surface area contributed by atoms with Crippen LogP contribution < -0.4 is 0 Å². The van der Waals surface area contributed by atoms with E-state index in [1.807, 2.05) is 0 Å². The number of rotatable bonds is 17. The van der Waals surface area contributed by atoms with Crippen molar-refractivity contribution in [2.75, 3.05) is 6.61 Å². The maximum absolute atomic E-state index is 6.52. The molecule has 0 aromatic rings. The van der Waals surface area contributed by atoms with Gasteiger partial charge in [-0.3, -0.25) is 0 Å². The van der Waals surface area contributed by atoms with Crippen LogP contribution in [0.2, 0.25) is 31.4 Å². The molecule has 0 aliphatic carbocycles. The van der Waals surface area contributed by atoms with E-state index in [0.717, 1.165) is 13.0 Å². The Hall–Kier alpha value is 0.716. The molecule has 1 nitrogen and oxygen atoms in total. The standard InChI is InChI=1S/C12H25OSi.3C4H9.Sn/c1-7-9-11-13-14(5,6)12(3,4)10-8-2;3*1-3-4-2;/h1,7H,8-11H2,2-6H3;3*1,3-4H2,2H3;. The number of hydrogen-bond donors (Lipinski definition) is 0. The summed E-state index contributed by atoms with van der Waals surface area (Å²) in [6.45, 7) is 20.0. The quantitative estimate of drug-likeness (QED) is 0.142. The molecule has 0 aromatic carbocycles. The van der Waals surface area contributed by atoms with Crippen LogP contribution in [0.5, 0.6) is 0 Å². The minimum atomic E-state index is -2.08. The molecule has 27 heavy (non-hydrogen) atoms. The van der Waals surface area contributed by atoms with Gasteiger partial charge in [0.15, 0.2) is 0 Å². The molecule has 162 valence electrons. The summed E-state index contributed by atoms with van der Waals surface area (Å²) in [6.07, 6.45) is 14.7. The first-order chi connectivity index (χ1) is 12.7. The van der Waals surface area contributed by atoms with Gasteiger partial charge in [0.1, 0.15) is 0 Å². The third-order valence-corrected chi connectivity index (χ3v) is 25.5. The van der Waals surface area contributed by atoms with Crippen LogP contribution in [0.25, 0.3) is 0 Å². The molecule has 0 atom stereocenters. The molecule has 0 heterocycles. The van der Waals surface area contributed by atoms with Crippen molar-refractivity contribution in [2.24, 2.45) is 0 Å². The van der Waals surface area contributed by atoms with Crippen LogP contribution in [0.3, 0.4) is 0 Å². The van der Waals surface area contributed by atoms with Crippen molar-refractivity contribution in [2.45, 2.75) is 131 Å². The van der Waals surface area contributed by atoms with Gasteiger partial charge in [0.25, 0.3) is 0 Å². The van der Waals surface area contributed by atoms with Crippen LogP contribution in [0.1, 0.15) is 99.3 Å². The molecular weight excluding hydrogens is 451 g/mol. The molecule has 0 saturated heterocycles. The molecule has 0 rings (SSSR count). The molecule has 0 saturated carbocycles. The number of hydrogen-bond acceptors (Lipinski definition) is 1. The van der Waals surface area contributed by atoms with E-state index in [1.54, 1.807) is 13.3 Å². The Labute approximate surface area is 178 Å². The Morgan fingerprint density at radius 2 is 1.30 bits per heavy atom. The van der Waals surface area contributed by atoms with Crippen LogP contribution in [-0.4, -0.2) is 33.3 Å². The van der Waals surface area contributed by atoms with E-state index in [-0.39, 0.29) is 0 Å². The van der Waals surface area contributed by atoms with Crippen molar-refractivity contribution in [3.05, 3.63) is 10.2 Å². The second-order valence-corrected chi connectivity index (χ2v) is 27.5. The predicted molar refractivity (Wildman–Crippen MR) is 131 cm³/mol. The van der Waals surface area contributed by atoms with Gasteiger partial charge >= 0.3 is 179 Å². The summed E-state index contributed by atoms with van der Waals surface area (Å²) >= 11 is -2.08. The molecular formula is C24H52OSiSn. The van der Waals surface area contributed by atoms with E-state index in [9.17, 15) is 0 Å². The van der Waals surface area contributed by atoms with Crippen LogP contribution in [0.15, 0.2) is 10.2 Å². The Balaban J connectivity index is 4.83. The first-order valence-electron chi connectivity index (χ1n) is 12.0. The molecule has 0 fully saturated rings. The van der Waals surface area contributed by atoms with Gasteiger partial charge in [0.2, 0.25) is 0 Å². The van der Waals surface area contributed by atoms with Gasteiger partial charge in [-0.25, -0.2) is 0 Å². The number of unbranched alkanes of at least 4 members (excludes halogenated alkanes) is 3. The molecule has 0 aromatic heterocycles. The normalized spacial score (nSPS) is 13.6. The van der Waals surface area contributed by atoms with E-state index in [2.05, 4.69) is 64.8 Å². The summed E-state index contributed by atoms with van der Waals surface area (Å²) in [5.74, 6) is 0. The molecule has 0 amide bonds. The fourth-order valence-electron chi connectivity index (χ4n) is 4.05. The monoisotopic (exact) mass is 504 g/mol. The molecule has 0 aliphatic heterocycles. The van der Waals surface area contributed by atoms with Gasteiger partial charge < -0.3 is 0 Å². The minimum absolute atomic E-state index is 0.373. The molecule has 0 radical (unpaired) electrons. The molecule has 0 spiro atoms. The molecule has 0 N–H and O–H groups in total. The first kappa shape index (κ1) is 27.7. The van der Waals surface area contributed by atoms with E-state index < -0.39 is 26.7 Å². The molecule has 3 heteroatoms. The third kappa shape index (κ3) is 10.9. The maximum atomic E-state index is 6.52.